The van der Waals surface area contributed by atoms with Gasteiger partial charge in [0.15, 0.2) is 5.16 Å². The van der Waals surface area contributed by atoms with Crippen LogP contribution in [-0.2, 0) is 16.1 Å². The number of rotatable bonds is 7. The molecule has 1 saturated heterocycles. The predicted octanol–water partition coefficient (Wildman–Crippen LogP) is 4.30. The smallest absolute Gasteiger partial charge is 0.262 e. The van der Waals surface area contributed by atoms with E-state index in [1.807, 2.05) is 60.7 Å². The van der Waals surface area contributed by atoms with Crippen molar-refractivity contribution in [3.63, 3.8) is 0 Å². The molecule has 7 nitrogen and oxygen atoms in total. The van der Waals surface area contributed by atoms with Crippen molar-refractivity contribution in [2.75, 3.05) is 22.5 Å². The Kier molecular flexibility index (Phi) is 6.63. The van der Waals surface area contributed by atoms with Gasteiger partial charge in [-0.25, -0.2) is 4.98 Å². The van der Waals surface area contributed by atoms with Crippen molar-refractivity contribution in [1.82, 2.24) is 9.55 Å². The minimum atomic E-state index is -0.214. The number of carbonyl (C=O) groups excluding carboxylic acids is 2. The molecule has 0 bridgehead atoms. The average Bonchev–Trinajstić information content (AvgIpc) is 3.31. The Balaban J connectivity index is 1.35. The maximum atomic E-state index is 13.3. The molecule has 5 rings (SSSR count). The molecule has 2 heterocycles. The summed E-state index contributed by atoms with van der Waals surface area (Å²) in [7, 11) is 0. The number of carbonyl (C=O) groups is 2. The van der Waals surface area contributed by atoms with Gasteiger partial charge in [-0.15, -0.1) is 0 Å². The number of nitrogens with one attached hydrogen (secondary N) is 1. The second-order valence-electron chi connectivity index (χ2n) is 8.32. The predicted molar refractivity (Wildman–Crippen MR) is 139 cm³/mol. The number of fused-ring (bicyclic) bond motifs is 1. The summed E-state index contributed by atoms with van der Waals surface area (Å²) < 4.78 is 1.62. The number of anilines is 2. The molecule has 0 aliphatic carbocycles. The number of hydrogen-bond donors (Lipinski definition) is 1. The van der Waals surface area contributed by atoms with Crippen molar-refractivity contribution in [3.8, 4) is 0 Å². The van der Waals surface area contributed by atoms with Gasteiger partial charge in [-0.05, 0) is 42.3 Å². The highest BCUT2D eigenvalue weighted by atomic mass is 32.2. The molecule has 1 N–H and O–H groups in total. The van der Waals surface area contributed by atoms with Gasteiger partial charge in [0.2, 0.25) is 11.8 Å². The molecule has 2 amide bonds. The van der Waals surface area contributed by atoms with Crippen molar-refractivity contribution in [2.24, 2.45) is 0 Å². The Bertz CT molecular complexity index is 1450. The summed E-state index contributed by atoms with van der Waals surface area (Å²) >= 11 is 1.23. The fourth-order valence-corrected chi connectivity index (χ4v) is 4.96. The van der Waals surface area contributed by atoms with Crippen LogP contribution in [0.1, 0.15) is 18.4 Å². The zero-order valence-corrected chi connectivity index (χ0v) is 19.8. The monoisotopic (exact) mass is 484 g/mol. The largest absolute Gasteiger partial charge is 0.325 e. The van der Waals surface area contributed by atoms with E-state index in [2.05, 4.69) is 10.3 Å². The highest BCUT2D eigenvalue weighted by Gasteiger charge is 2.22. The SMILES string of the molecule is O=C(CSc1nc2ccccc2c(=O)n1Cc1ccccc1)Nc1cccc(N2CCCC2=O)c1. The van der Waals surface area contributed by atoms with Crippen LogP contribution in [0.2, 0.25) is 0 Å². The zero-order chi connectivity index (χ0) is 24.2. The molecular weight excluding hydrogens is 460 g/mol. The molecule has 8 heteroatoms. The molecule has 0 radical (unpaired) electrons. The van der Waals surface area contributed by atoms with Crippen molar-refractivity contribution in [3.05, 3.63) is 94.8 Å². The van der Waals surface area contributed by atoms with Gasteiger partial charge in [0.1, 0.15) is 0 Å². The fourth-order valence-electron chi connectivity index (χ4n) is 4.16. The molecule has 1 aromatic heterocycles. The Morgan fingerprint density at radius 3 is 2.57 bits per heavy atom. The van der Waals surface area contributed by atoms with Crippen molar-refractivity contribution in [2.45, 2.75) is 24.5 Å². The summed E-state index contributed by atoms with van der Waals surface area (Å²) in [5.41, 5.74) is 2.86. The molecule has 0 saturated carbocycles. The van der Waals surface area contributed by atoms with Gasteiger partial charge < -0.3 is 10.2 Å². The van der Waals surface area contributed by atoms with Gasteiger partial charge in [-0.2, -0.15) is 0 Å². The lowest BCUT2D eigenvalue weighted by Gasteiger charge is -2.17. The zero-order valence-electron chi connectivity index (χ0n) is 19.0. The third-order valence-corrected chi connectivity index (χ3v) is 6.83. The van der Waals surface area contributed by atoms with E-state index in [9.17, 15) is 14.4 Å². The molecule has 176 valence electrons. The normalized spacial score (nSPS) is 13.4. The molecule has 0 atom stereocenters. The molecule has 1 aliphatic heterocycles. The summed E-state index contributed by atoms with van der Waals surface area (Å²) in [6, 6.07) is 24.3. The van der Waals surface area contributed by atoms with E-state index in [0.29, 0.717) is 41.3 Å². The second-order valence-corrected chi connectivity index (χ2v) is 9.27. The summed E-state index contributed by atoms with van der Waals surface area (Å²) in [4.78, 5) is 44.5. The van der Waals surface area contributed by atoms with E-state index < -0.39 is 0 Å². The maximum absolute atomic E-state index is 13.3. The van der Waals surface area contributed by atoms with E-state index >= 15 is 0 Å². The van der Waals surface area contributed by atoms with E-state index in [1.54, 1.807) is 27.7 Å². The fraction of sp³-hybridized carbons (Fsp3) is 0.185. The van der Waals surface area contributed by atoms with Gasteiger partial charge in [0, 0.05) is 24.3 Å². The number of para-hydroxylation sites is 1. The molecular formula is C27H24N4O3S. The van der Waals surface area contributed by atoms with E-state index in [1.165, 1.54) is 11.8 Å². The highest BCUT2D eigenvalue weighted by molar-refractivity contribution is 7.99. The Morgan fingerprint density at radius 2 is 1.77 bits per heavy atom. The summed E-state index contributed by atoms with van der Waals surface area (Å²) in [5, 5.41) is 3.94. The first-order valence-electron chi connectivity index (χ1n) is 11.4. The third kappa shape index (κ3) is 5.12. The molecule has 35 heavy (non-hydrogen) atoms. The minimum Gasteiger partial charge on any atom is -0.325 e. The molecule has 1 fully saturated rings. The van der Waals surface area contributed by atoms with Crippen LogP contribution in [0.3, 0.4) is 0 Å². The number of hydrogen-bond acceptors (Lipinski definition) is 5. The third-order valence-electron chi connectivity index (χ3n) is 5.86. The van der Waals surface area contributed by atoms with Crippen LogP contribution in [0.15, 0.2) is 88.8 Å². The average molecular weight is 485 g/mol. The maximum Gasteiger partial charge on any atom is 0.262 e. The summed E-state index contributed by atoms with van der Waals surface area (Å²) in [6.07, 6.45) is 1.40. The topological polar surface area (TPSA) is 84.3 Å². The Morgan fingerprint density at radius 1 is 0.971 bits per heavy atom. The Labute approximate surface area is 206 Å². The first-order chi connectivity index (χ1) is 17.1. The lowest BCUT2D eigenvalue weighted by molar-refractivity contribution is -0.117. The number of thioether (sulfide) groups is 1. The van der Waals surface area contributed by atoms with Crippen LogP contribution in [0.4, 0.5) is 11.4 Å². The molecule has 3 aromatic carbocycles. The van der Waals surface area contributed by atoms with Crippen LogP contribution in [0, 0.1) is 0 Å². The quantitative estimate of drug-likeness (QED) is 0.312. The van der Waals surface area contributed by atoms with Crippen LogP contribution in [0.25, 0.3) is 10.9 Å². The number of nitrogens with zero attached hydrogens (tertiary/aromatic N) is 3. The molecule has 0 spiro atoms. The second kappa shape index (κ2) is 10.1. The lowest BCUT2D eigenvalue weighted by atomic mass is 10.2. The van der Waals surface area contributed by atoms with Crippen LogP contribution in [-0.4, -0.2) is 33.7 Å². The Hall–Kier alpha value is -3.91. The van der Waals surface area contributed by atoms with Gasteiger partial charge in [0.25, 0.3) is 5.56 Å². The first kappa shape index (κ1) is 22.9. The summed E-state index contributed by atoms with van der Waals surface area (Å²) in [5.74, 6) is -0.0248. The number of aromatic nitrogens is 2. The van der Waals surface area contributed by atoms with Gasteiger partial charge in [-0.1, -0.05) is 60.3 Å². The first-order valence-corrected chi connectivity index (χ1v) is 12.4. The van der Waals surface area contributed by atoms with Crippen molar-refractivity contribution < 1.29 is 9.59 Å². The number of benzene rings is 3. The van der Waals surface area contributed by atoms with Gasteiger partial charge >= 0.3 is 0 Å². The standard InChI is InChI=1S/C27H24N4O3S/c32-24(28-20-10-6-11-21(16-20)30-15-7-14-25(30)33)18-35-27-29-23-13-5-4-12-22(23)26(34)31(27)17-19-8-2-1-3-9-19/h1-6,8-13,16H,7,14-15,17-18H2,(H,28,32). The van der Waals surface area contributed by atoms with E-state index in [4.69, 9.17) is 0 Å². The van der Waals surface area contributed by atoms with E-state index in [-0.39, 0.29) is 23.1 Å². The van der Waals surface area contributed by atoms with Crippen LogP contribution < -0.4 is 15.8 Å². The van der Waals surface area contributed by atoms with Crippen molar-refractivity contribution >= 4 is 45.9 Å². The molecule has 0 unspecified atom stereocenters. The minimum absolute atomic E-state index is 0.0897. The number of amides is 2. The van der Waals surface area contributed by atoms with Crippen LogP contribution in [0.5, 0.6) is 0 Å². The molecule has 1 aliphatic rings. The van der Waals surface area contributed by atoms with Crippen LogP contribution >= 0.6 is 11.8 Å². The van der Waals surface area contributed by atoms with E-state index in [0.717, 1.165) is 17.7 Å². The molecule has 4 aromatic rings. The van der Waals surface area contributed by atoms with Crippen molar-refractivity contribution in [1.29, 1.82) is 0 Å². The van der Waals surface area contributed by atoms with Gasteiger partial charge in [0.05, 0.1) is 23.2 Å². The summed E-state index contributed by atoms with van der Waals surface area (Å²) in [6.45, 7) is 1.06. The highest BCUT2D eigenvalue weighted by Crippen LogP contribution is 2.25. The van der Waals surface area contributed by atoms with Gasteiger partial charge in [-0.3, -0.25) is 19.0 Å². The lowest BCUT2D eigenvalue weighted by Crippen LogP contribution is -2.25.